The second-order valence-electron chi connectivity index (χ2n) is 6.87. The molecule has 0 radical (unpaired) electrons. The van der Waals surface area contributed by atoms with Gasteiger partial charge in [0.15, 0.2) is 0 Å². The van der Waals surface area contributed by atoms with Gasteiger partial charge in [0, 0.05) is 18.5 Å². The third-order valence-corrected chi connectivity index (χ3v) is 3.53. The first-order valence-electron chi connectivity index (χ1n) is 8.17. The summed E-state index contributed by atoms with van der Waals surface area (Å²) in [4.78, 5) is 22.1. The van der Waals surface area contributed by atoms with E-state index in [1.807, 2.05) is 38.1 Å². The van der Waals surface area contributed by atoms with Crippen LogP contribution in [-0.2, 0) is 10.2 Å². The summed E-state index contributed by atoms with van der Waals surface area (Å²) in [6.07, 6.45) is -0.0886. The number of carbonyl (C=O) groups excluding carboxylic acids is 1. The van der Waals surface area contributed by atoms with Gasteiger partial charge in [-0.25, -0.2) is 4.79 Å². The fourth-order valence-corrected chi connectivity index (χ4v) is 2.01. The zero-order valence-corrected chi connectivity index (χ0v) is 14.9. The highest BCUT2D eigenvalue weighted by Crippen LogP contribution is 2.24. The SMILES string of the molecule is CC(C)COc1ccc(C(C)(C)CNC(=O)NCCC(=O)O)cc1. The zero-order chi connectivity index (χ0) is 18.2. The van der Waals surface area contributed by atoms with Gasteiger partial charge in [0.05, 0.1) is 13.0 Å². The first-order chi connectivity index (χ1) is 11.2. The van der Waals surface area contributed by atoms with E-state index in [0.29, 0.717) is 19.1 Å². The molecule has 1 aromatic rings. The molecule has 0 heterocycles. The summed E-state index contributed by atoms with van der Waals surface area (Å²) in [6, 6.07) is 7.51. The second kappa shape index (κ2) is 9.15. The topological polar surface area (TPSA) is 87.7 Å². The van der Waals surface area contributed by atoms with E-state index in [9.17, 15) is 9.59 Å². The lowest BCUT2D eigenvalue weighted by atomic mass is 9.84. The van der Waals surface area contributed by atoms with Gasteiger partial charge in [-0.05, 0) is 23.6 Å². The molecule has 0 atom stereocenters. The molecule has 2 amide bonds. The molecule has 0 fully saturated rings. The van der Waals surface area contributed by atoms with Crippen LogP contribution < -0.4 is 15.4 Å². The summed E-state index contributed by atoms with van der Waals surface area (Å²) in [5, 5.41) is 13.8. The van der Waals surface area contributed by atoms with Crippen molar-refractivity contribution in [3.8, 4) is 5.75 Å². The zero-order valence-electron chi connectivity index (χ0n) is 14.9. The molecule has 0 saturated heterocycles. The Morgan fingerprint density at radius 2 is 1.79 bits per heavy atom. The van der Waals surface area contributed by atoms with E-state index >= 15 is 0 Å². The second-order valence-corrected chi connectivity index (χ2v) is 6.87. The average Bonchev–Trinajstić information content (AvgIpc) is 2.51. The van der Waals surface area contributed by atoms with Gasteiger partial charge in [-0.2, -0.15) is 0 Å². The summed E-state index contributed by atoms with van der Waals surface area (Å²) in [7, 11) is 0. The summed E-state index contributed by atoms with van der Waals surface area (Å²) >= 11 is 0. The number of carboxylic acid groups (broad SMARTS) is 1. The van der Waals surface area contributed by atoms with Gasteiger partial charge >= 0.3 is 12.0 Å². The van der Waals surface area contributed by atoms with Crippen LogP contribution >= 0.6 is 0 Å². The Labute approximate surface area is 143 Å². The van der Waals surface area contributed by atoms with Gasteiger partial charge in [-0.15, -0.1) is 0 Å². The van der Waals surface area contributed by atoms with Crippen molar-refractivity contribution >= 4 is 12.0 Å². The summed E-state index contributed by atoms with van der Waals surface area (Å²) < 4.78 is 5.67. The van der Waals surface area contributed by atoms with E-state index in [-0.39, 0.29) is 24.4 Å². The molecule has 1 aromatic carbocycles. The number of amides is 2. The highest BCUT2D eigenvalue weighted by molar-refractivity contribution is 5.75. The number of hydrogen-bond acceptors (Lipinski definition) is 3. The van der Waals surface area contributed by atoms with E-state index < -0.39 is 5.97 Å². The first kappa shape index (κ1) is 19.8. The Bertz CT molecular complexity index is 538. The van der Waals surface area contributed by atoms with E-state index in [1.54, 1.807) is 0 Å². The summed E-state index contributed by atoms with van der Waals surface area (Å²) in [5.41, 5.74) is 0.839. The van der Waals surface area contributed by atoms with Crippen LogP contribution in [0.15, 0.2) is 24.3 Å². The molecule has 0 unspecified atom stereocenters. The monoisotopic (exact) mass is 336 g/mol. The lowest BCUT2D eigenvalue weighted by molar-refractivity contribution is -0.136. The molecule has 0 aliphatic carbocycles. The minimum Gasteiger partial charge on any atom is -0.493 e. The Hall–Kier alpha value is -2.24. The molecule has 3 N–H and O–H groups in total. The van der Waals surface area contributed by atoms with Crippen LogP contribution in [0.25, 0.3) is 0 Å². The Morgan fingerprint density at radius 1 is 1.17 bits per heavy atom. The largest absolute Gasteiger partial charge is 0.493 e. The number of carboxylic acids is 1. The highest BCUT2D eigenvalue weighted by atomic mass is 16.5. The molecule has 134 valence electrons. The number of carbonyl (C=O) groups is 2. The summed E-state index contributed by atoms with van der Waals surface area (Å²) in [5.74, 6) is 0.378. The van der Waals surface area contributed by atoms with E-state index in [4.69, 9.17) is 9.84 Å². The average molecular weight is 336 g/mol. The van der Waals surface area contributed by atoms with Crippen LogP contribution in [0.1, 0.15) is 39.7 Å². The maximum atomic E-state index is 11.7. The van der Waals surface area contributed by atoms with Crippen molar-refractivity contribution in [3.63, 3.8) is 0 Å². The fourth-order valence-electron chi connectivity index (χ4n) is 2.01. The predicted octanol–water partition coefficient (Wildman–Crippen LogP) is 2.77. The third-order valence-electron chi connectivity index (χ3n) is 3.53. The lowest BCUT2D eigenvalue weighted by Gasteiger charge is -2.26. The third kappa shape index (κ3) is 7.35. The number of hydrogen-bond donors (Lipinski definition) is 3. The van der Waals surface area contributed by atoms with Crippen LogP contribution in [0.3, 0.4) is 0 Å². The molecule has 0 bridgehead atoms. The smallest absolute Gasteiger partial charge is 0.314 e. The molecule has 0 aromatic heterocycles. The molecule has 0 aliphatic rings. The van der Waals surface area contributed by atoms with Gasteiger partial charge in [-0.3, -0.25) is 4.79 Å². The first-order valence-corrected chi connectivity index (χ1v) is 8.17. The molecular formula is C18H28N2O4. The number of rotatable bonds is 9. The Kier molecular flexibility index (Phi) is 7.55. The minimum absolute atomic E-state index is 0.0886. The standard InChI is InChI=1S/C18H28N2O4/c1-13(2)11-24-15-7-5-14(6-8-15)18(3,4)12-20-17(23)19-10-9-16(21)22/h5-8,13H,9-12H2,1-4H3,(H,21,22)(H2,19,20,23). The van der Waals surface area contributed by atoms with E-state index in [1.165, 1.54) is 0 Å². The number of urea groups is 1. The molecule has 0 spiro atoms. The van der Waals surface area contributed by atoms with Gasteiger partial charge < -0.3 is 20.5 Å². The van der Waals surface area contributed by atoms with Crippen molar-refractivity contribution in [1.29, 1.82) is 0 Å². The number of nitrogens with one attached hydrogen (secondary N) is 2. The minimum atomic E-state index is -0.935. The van der Waals surface area contributed by atoms with Crippen LogP contribution in [0.2, 0.25) is 0 Å². The number of benzene rings is 1. The van der Waals surface area contributed by atoms with Crippen molar-refractivity contribution < 1.29 is 19.4 Å². The quantitative estimate of drug-likeness (QED) is 0.647. The van der Waals surface area contributed by atoms with Crippen molar-refractivity contribution in [3.05, 3.63) is 29.8 Å². The van der Waals surface area contributed by atoms with Gasteiger partial charge in [0.25, 0.3) is 0 Å². The van der Waals surface area contributed by atoms with Crippen LogP contribution in [-0.4, -0.2) is 36.8 Å². The maximum Gasteiger partial charge on any atom is 0.314 e. The lowest BCUT2D eigenvalue weighted by Crippen LogP contribution is -2.42. The van der Waals surface area contributed by atoms with Gasteiger partial charge in [0.2, 0.25) is 0 Å². The molecule has 6 heteroatoms. The fraction of sp³-hybridized carbons (Fsp3) is 0.556. The normalized spacial score (nSPS) is 11.2. The van der Waals surface area contributed by atoms with Crippen molar-refractivity contribution in [2.75, 3.05) is 19.7 Å². The molecular weight excluding hydrogens is 308 g/mol. The summed E-state index contributed by atoms with van der Waals surface area (Å²) in [6.45, 7) is 9.51. The van der Waals surface area contributed by atoms with Crippen LogP contribution in [0, 0.1) is 5.92 Å². The van der Waals surface area contributed by atoms with Crippen LogP contribution in [0.5, 0.6) is 5.75 Å². The van der Waals surface area contributed by atoms with E-state index in [0.717, 1.165) is 11.3 Å². The Balaban J connectivity index is 2.49. The van der Waals surface area contributed by atoms with Crippen molar-refractivity contribution in [1.82, 2.24) is 10.6 Å². The highest BCUT2D eigenvalue weighted by Gasteiger charge is 2.21. The van der Waals surface area contributed by atoms with Gasteiger partial charge in [0.1, 0.15) is 5.75 Å². The molecule has 1 rings (SSSR count). The molecule has 0 saturated carbocycles. The predicted molar refractivity (Wildman–Crippen MR) is 93.5 cm³/mol. The molecule has 24 heavy (non-hydrogen) atoms. The Morgan fingerprint density at radius 3 is 2.33 bits per heavy atom. The molecule has 6 nitrogen and oxygen atoms in total. The van der Waals surface area contributed by atoms with Crippen LogP contribution in [0.4, 0.5) is 4.79 Å². The van der Waals surface area contributed by atoms with E-state index in [2.05, 4.69) is 24.5 Å². The number of aliphatic carboxylic acids is 1. The molecule has 0 aliphatic heterocycles. The van der Waals surface area contributed by atoms with Gasteiger partial charge in [-0.1, -0.05) is 39.8 Å². The maximum absolute atomic E-state index is 11.7. The van der Waals surface area contributed by atoms with Crippen molar-refractivity contribution in [2.24, 2.45) is 5.92 Å². The number of ether oxygens (including phenoxy) is 1. The van der Waals surface area contributed by atoms with Crippen molar-refractivity contribution in [2.45, 2.75) is 39.5 Å².